The van der Waals surface area contributed by atoms with E-state index in [0.717, 1.165) is 0 Å². The summed E-state index contributed by atoms with van der Waals surface area (Å²) in [5, 5.41) is 18.2. The lowest BCUT2D eigenvalue weighted by atomic mass is 9.96. The predicted molar refractivity (Wildman–Crippen MR) is 56.0 cm³/mol. The lowest BCUT2D eigenvalue weighted by Gasteiger charge is -2.12. The zero-order chi connectivity index (χ0) is 12.3. The maximum Gasteiger partial charge on any atom is 0.147 e. The fraction of sp³-hybridized carbons (Fsp3) is 0.250. The Bertz CT molecular complexity index is 475. The molecule has 0 aromatic heterocycles. The second kappa shape index (κ2) is 4.75. The third kappa shape index (κ3) is 2.03. The van der Waals surface area contributed by atoms with Crippen LogP contribution in [0.3, 0.4) is 0 Å². The monoisotopic (exact) mass is 223 g/mol. The Hall–Kier alpha value is -1.89. The minimum atomic E-state index is -1.05. The summed E-state index contributed by atoms with van der Waals surface area (Å²) in [4.78, 5) is 0. The van der Waals surface area contributed by atoms with E-state index in [1.54, 1.807) is 26.0 Å². The Balaban J connectivity index is 3.46. The van der Waals surface area contributed by atoms with E-state index in [1.165, 1.54) is 6.07 Å². The van der Waals surface area contributed by atoms with Crippen molar-refractivity contribution in [3.63, 3.8) is 0 Å². The van der Waals surface area contributed by atoms with Crippen molar-refractivity contribution in [2.75, 3.05) is 0 Å². The van der Waals surface area contributed by atoms with Crippen LogP contribution in [0.4, 0.5) is 8.78 Å². The van der Waals surface area contributed by atoms with Crippen LogP contribution in [0.1, 0.15) is 30.9 Å². The number of benzene rings is 1. The molecule has 0 fully saturated rings. The van der Waals surface area contributed by atoms with Crippen LogP contribution in [0.5, 0.6) is 5.75 Å². The molecule has 2 nitrogen and oxygen atoms in total. The van der Waals surface area contributed by atoms with Gasteiger partial charge in [0.15, 0.2) is 0 Å². The molecule has 1 aromatic rings. The summed E-state index contributed by atoms with van der Waals surface area (Å²) in [6.07, 6.45) is 3.34. The Kier molecular flexibility index (Phi) is 3.62. The molecule has 0 aliphatic carbocycles. The van der Waals surface area contributed by atoms with Gasteiger partial charge in [0.2, 0.25) is 0 Å². The van der Waals surface area contributed by atoms with Gasteiger partial charge in [-0.25, -0.2) is 8.78 Å². The Morgan fingerprint density at radius 3 is 2.56 bits per heavy atom. The summed E-state index contributed by atoms with van der Waals surface area (Å²) in [7, 11) is 0. The molecule has 0 radical (unpaired) electrons. The molecule has 0 amide bonds. The van der Waals surface area contributed by atoms with Gasteiger partial charge in [-0.15, -0.1) is 0 Å². The first-order valence-corrected chi connectivity index (χ1v) is 4.76. The third-order valence-electron chi connectivity index (χ3n) is 2.29. The SMILES string of the molecule is CC=CC(C)c1c(F)cc(F)c(C#N)c1O. The highest BCUT2D eigenvalue weighted by Gasteiger charge is 2.20. The highest BCUT2D eigenvalue weighted by molar-refractivity contribution is 5.51. The van der Waals surface area contributed by atoms with E-state index in [9.17, 15) is 13.9 Å². The second-order valence-corrected chi connectivity index (χ2v) is 3.40. The fourth-order valence-electron chi connectivity index (χ4n) is 1.55. The van der Waals surface area contributed by atoms with Gasteiger partial charge in [-0.2, -0.15) is 5.26 Å². The fourth-order valence-corrected chi connectivity index (χ4v) is 1.55. The molecule has 4 heteroatoms. The molecule has 1 aromatic carbocycles. The van der Waals surface area contributed by atoms with Gasteiger partial charge in [-0.05, 0) is 6.92 Å². The molecule has 0 saturated carbocycles. The molecule has 16 heavy (non-hydrogen) atoms. The average Bonchev–Trinajstić information content (AvgIpc) is 2.17. The van der Waals surface area contributed by atoms with E-state index in [-0.39, 0.29) is 5.56 Å². The predicted octanol–water partition coefficient (Wildman–Crippen LogP) is 3.22. The average molecular weight is 223 g/mol. The minimum Gasteiger partial charge on any atom is -0.506 e. The molecule has 0 saturated heterocycles. The van der Waals surface area contributed by atoms with Crippen LogP contribution in [-0.4, -0.2) is 5.11 Å². The number of aromatic hydroxyl groups is 1. The summed E-state index contributed by atoms with van der Waals surface area (Å²) in [5.74, 6) is -2.93. The van der Waals surface area contributed by atoms with Crippen molar-refractivity contribution in [1.82, 2.24) is 0 Å². The van der Waals surface area contributed by atoms with Crippen molar-refractivity contribution in [2.45, 2.75) is 19.8 Å². The van der Waals surface area contributed by atoms with Gasteiger partial charge in [0, 0.05) is 17.5 Å². The van der Waals surface area contributed by atoms with Crippen molar-refractivity contribution in [3.8, 4) is 11.8 Å². The third-order valence-corrected chi connectivity index (χ3v) is 2.29. The van der Waals surface area contributed by atoms with Gasteiger partial charge in [0.1, 0.15) is 29.0 Å². The van der Waals surface area contributed by atoms with Gasteiger partial charge in [0.25, 0.3) is 0 Å². The number of rotatable bonds is 2. The minimum absolute atomic E-state index is 0.0592. The number of nitrogens with zero attached hydrogens (tertiary/aromatic N) is 1. The van der Waals surface area contributed by atoms with Crippen LogP contribution in [0.2, 0.25) is 0 Å². The molecule has 1 N–H and O–H groups in total. The molecular formula is C12H11F2NO. The van der Waals surface area contributed by atoms with Crippen molar-refractivity contribution in [2.24, 2.45) is 0 Å². The van der Waals surface area contributed by atoms with E-state index in [2.05, 4.69) is 0 Å². The van der Waals surface area contributed by atoms with Gasteiger partial charge < -0.3 is 5.11 Å². The van der Waals surface area contributed by atoms with E-state index >= 15 is 0 Å². The van der Waals surface area contributed by atoms with Crippen LogP contribution in [0.25, 0.3) is 0 Å². The first-order chi connectivity index (χ1) is 7.52. The normalized spacial score (nSPS) is 12.7. The van der Waals surface area contributed by atoms with Crippen LogP contribution < -0.4 is 0 Å². The van der Waals surface area contributed by atoms with Gasteiger partial charge >= 0.3 is 0 Å². The first-order valence-electron chi connectivity index (χ1n) is 4.76. The standard InChI is InChI=1S/C12H11F2NO/c1-3-4-7(2)11-10(14)5-9(13)8(6-15)12(11)16/h3-5,7,16H,1-2H3. The second-order valence-electron chi connectivity index (χ2n) is 3.40. The quantitative estimate of drug-likeness (QED) is 0.782. The summed E-state index contributed by atoms with van der Waals surface area (Å²) >= 11 is 0. The highest BCUT2D eigenvalue weighted by Crippen LogP contribution is 2.33. The van der Waals surface area contributed by atoms with E-state index in [1.807, 2.05) is 0 Å². The molecule has 0 spiro atoms. The molecule has 1 unspecified atom stereocenters. The largest absolute Gasteiger partial charge is 0.506 e. The van der Waals surface area contributed by atoms with Crippen LogP contribution in [0.15, 0.2) is 18.2 Å². The topological polar surface area (TPSA) is 44.0 Å². The summed E-state index contributed by atoms with van der Waals surface area (Å²) < 4.78 is 26.6. The molecule has 0 heterocycles. The van der Waals surface area contributed by atoms with Crippen LogP contribution in [-0.2, 0) is 0 Å². The molecule has 0 aliphatic heterocycles. The van der Waals surface area contributed by atoms with Crippen molar-refractivity contribution >= 4 is 0 Å². The molecular weight excluding hydrogens is 212 g/mol. The highest BCUT2D eigenvalue weighted by atomic mass is 19.1. The van der Waals surface area contributed by atoms with E-state index in [4.69, 9.17) is 5.26 Å². The van der Waals surface area contributed by atoms with E-state index in [0.29, 0.717) is 6.07 Å². The lowest BCUT2D eigenvalue weighted by molar-refractivity contribution is 0.445. The molecule has 84 valence electrons. The number of halogens is 2. The Morgan fingerprint density at radius 1 is 1.44 bits per heavy atom. The molecule has 1 rings (SSSR count). The maximum atomic E-state index is 13.5. The lowest BCUT2D eigenvalue weighted by Crippen LogP contribution is -1.99. The van der Waals surface area contributed by atoms with Crippen molar-refractivity contribution in [3.05, 3.63) is 41.0 Å². The molecule has 0 aliphatic rings. The van der Waals surface area contributed by atoms with Crippen molar-refractivity contribution < 1.29 is 13.9 Å². The summed E-state index contributed by atoms with van der Waals surface area (Å²) in [6, 6.07) is 2.13. The number of nitriles is 1. The number of phenols is 1. The van der Waals surface area contributed by atoms with E-state index < -0.39 is 28.9 Å². The smallest absolute Gasteiger partial charge is 0.147 e. The summed E-state index contributed by atoms with van der Waals surface area (Å²) in [5.41, 5.74) is -0.580. The van der Waals surface area contributed by atoms with Crippen LogP contribution >= 0.6 is 0 Å². The maximum absolute atomic E-state index is 13.5. The number of hydrogen-bond donors (Lipinski definition) is 1. The van der Waals surface area contributed by atoms with Gasteiger partial charge in [-0.3, -0.25) is 0 Å². The number of hydrogen-bond acceptors (Lipinski definition) is 2. The van der Waals surface area contributed by atoms with Gasteiger partial charge in [0.05, 0.1) is 0 Å². The zero-order valence-corrected chi connectivity index (χ0v) is 8.96. The number of allylic oxidation sites excluding steroid dienone is 2. The van der Waals surface area contributed by atoms with Crippen molar-refractivity contribution in [1.29, 1.82) is 5.26 Å². The Morgan fingerprint density at radius 2 is 2.06 bits per heavy atom. The summed E-state index contributed by atoms with van der Waals surface area (Å²) in [6.45, 7) is 3.40. The zero-order valence-electron chi connectivity index (χ0n) is 8.96. The molecule has 0 bridgehead atoms. The van der Waals surface area contributed by atoms with Gasteiger partial charge in [-0.1, -0.05) is 19.1 Å². The first kappa shape index (κ1) is 12.2. The Labute approximate surface area is 92.4 Å². The molecule has 1 atom stereocenters. The van der Waals surface area contributed by atoms with Crippen LogP contribution in [0, 0.1) is 23.0 Å². The number of phenolic OH excluding ortho intramolecular Hbond substituents is 1.